The van der Waals surface area contributed by atoms with Crippen molar-refractivity contribution in [3.63, 3.8) is 0 Å². The number of methoxy groups -OCH3 is 1. The van der Waals surface area contributed by atoms with Crippen LogP contribution in [0.1, 0.15) is 46.8 Å². The van der Waals surface area contributed by atoms with E-state index in [1.54, 1.807) is 35.7 Å². The number of nitrogens with zero attached hydrogens (tertiary/aromatic N) is 8. The van der Waals surface area contributed by atoms with E-state index in [0.29, 0.717) is 45.8 Å². The fourth-order valence-corrected chi connectivity index (χ4v) is 6.24. The van der Waals surface area contributed by atoms with Crippen molar-refractivity contribution in [2.24, 2.45) is 0 Å². The van der Waals surface area contributed by atoms with E-state index >= 15 is 0 Å². The molecule has 268 valence electrons. The van der Waals surface area contributed by atoms with Crippen molar-refractivity contribution in [1.29, 1.82) is 5.26 Å². The molecule has 0 aliphatic carbocycles. The van der Waals surface area contributed by atoms with Crippen LogP contribution >= 0.6 is 0 Å². The summed E-state index contributed by atoms with van der Waals surface area (Å²) in [7, 11) is 1.39. The molecule has 1 amide bonds. The van der Waals surface area contributed by atoms with E-state index in [-0.39, 0.29) is 49.8 Å². The fourth-order valence-electron chi connectivity index (χ4n) is 6.24. The summed E-state index contributed by atoms with van der Waals surface area (Å²) < 4.78 is 108. The first-order valence-corrected chi connectivity index (χ1v) is 15.5. The highest BCUT2D eigenvalue weighted by molar-refractivity contribution is 5.79. The molecule has 4 aromatic rings. The number of carbonyl (C=O) groups excluding carboxylic acids is 1. The first kappa shape index (κ1) is 35.4. The van der Waals surface area contributed by atoms with Crippen molar-refractivity contribution in [3.8, 4) is 34.2 Å². The molecule has 0 spiro atoms. The smallest absolute Gasteiger partial charge is 0.416 e. The minimum absolute atomic E-state index is 0.00220. The third-order valence-corrected chi connectivity index (χ3v) is 8.85. The van der Waals surface area contributed by atoms with Gasteiger partial charge in [-0.3, -0.25) is 9.58 Å². The predicted molar refractivity (Wildman–Crippen MR) is 166 cm³/mol. The summed E-state index contributed by atoms with van der Waals surface area (Å²) in [6, 6.07) is 3.80. The second kappa shape index (κ2) is 13.0. The van der Waals surface area contributed by atoms with Crippen LogP contribution in [-0.4, -0.2) is 68.1 Å². The Morgan fingerprint density at radius 1 is 1.00 bits per heavy atom. The summed E-state index contributed by atoms with van der Waals surface area (Å²) in [6.07, 6.45) is -10.8. The average Bonchev–Trinajstić information content (AvgIpc) is 3.50. The Morgan fingerprint density at radius 3 is 2.25 bits per heavy atom. The van der Waals surface area contributed by atoms with Crippen LogP contribution in [0.2, 0.25) is 0 Å². The lowest BCUT2D eigenvalue weighted by molar-refractivity contribution is -0.143. The minimum atomic E-state index is -5.10. The van der Waals surface area contributed by atoms with Crippen LogP contribution in [0, 0.1) is 25.2 Å². The molecule has 2 aliphatic rings. The molecule has 5 heterocycles. The van der Waals surface area contributed by atoms with Crippen LogP contribution < -0.4 is 9.64 Å². The summed E-state index contributed by atoms with van der Waals surface area (Å²) in [6.45, 7) is 4.73. The number of aryl methyl sites for hydroxylation is 1. The van der Waals surface area contributed by atoms with E-state index in [0.717, 1.165) is 4.90 Å². The number of cyclic esters (lactones) is 1. The van der Waals surface area contributed by atoms with Crippen molar-refractivity contribution in [1.82, 2.24) is 29.6 Å². The molecule has 51 heavy (non-hydrogen) atoms. The van der Waals surface area contributed by atoms with Gasteiger partial charge < -0.3 is 14.4 Å². The van der Waals surface area contributed by atoms with Crippen LogP contribution in [0.4, 0.5) is 41.5 Å². The molecule has 6 rings (SSSR count). The Kier molecular flexibility index (Phi) is 9.02. The van der Waals surface area contributed by atoms with Crippen molar-refractivity contribution < 1.29 is 45.0 Å². The lowest BCUT2D eigenvalue weighted by Gasteiger charge is -2.34. The van der Waals surface area contributed by atoms with E-state index in [1.807, 2.05) is 0 Å². The first-order valence-electron chi connectivity index (χ1n) is 15.5. The highest BCUT2D eigenvalue weighted by Gasteiger charge is 2.44. The molecule has 3 aromatic heterocycles. The van der Waals surface area contributed by atoms with Gasteiger partial charge in [0.05, 0.1) is 61.4 Å². The predicted octanol–water partition coefficient (Wildman–Crippen LogP) is 6.83. The summed E-state index contributed by atoms with van der Waals surface area (Å²) in [5.41, 5.74) is -0.0620. The Morgan fingerprint density at radius 2 is 1.67 bits per heavy atom. The summed E-state index contributed by atoms with van der Waals surface area (Å²) >= 11 is 0. The van der Waals surface area contributed by atoms with Gasteiger partial charge in [0.1, 0.15) is 18.8 Å². The summed E-state index contributed by atoms with van der Waals surface area (Å²) in [5.74, 6) is 0.280. The number of halogens is 7. The molecule has 0 N–H and O–H groups in total. The van der Waals surface area contributed by atoms with E-state index in [4.69, 9.17) is 9.47 Å². The molecule has 2 fully saturated rings. The monoisotopic (exact) mass is 718 g/mol. The minimum Gasteiger partial charge on any atom is -0.481 e. The van der Waals surface area contributed by atoms with Crippen molar-refractivity contribution in [2.45, 2.75) is 64.5 Å². The van der Waals surface area contributed by atoms with Gasteiger partial charge in [0.2, 0.25) is 11.8 Å². The normalized spacial score (nSPS) is 18.1. The Balaban J connectivity index is 1.42. The van der Waals surface area contributed by atoms with E-state index in [9.17, 15) is 40.8 Å². The van der Waals surface area contributed by atoms with Crippen LogP contribution in [0.3, 0.4) is 0 Å². The second-order valence-electron chi connectivity index (χ2n) is 12.2. The fraction of sp³-hybridized carbons (Fsp3) is 0.394. The first-order chi connectivity index (χ1) is 24.0. The maximum absolute atomic E-state index is 13.8. The number of pyridine rings is 1. The lowest BCUT2D eigenvalue weighted by Crippen LogP contribution is -2.49. The molecule has 0 saturated carbocycles. The van der Waals surface area contributed by atoms with Gasteiger partial charge in [-0.25, -0.2) is 24.1 Å². The molecule has 0 radical (unpaired) electrons. The van der Waals surface area contributed by atoms with Gasteiger partial charge in [-0.15, -0.1) is 0 Å². The Labute approximate surface area is 286 Å². The largest absolute Gasteiger partial charge is 0.481 e. The molecular formula is C33H29F7N8O3. The lowest BCUT2D eigenvalue weighted by atomic mass is 9.97. The summed E-state index contributed by atoms with van der Waals surface area (Å²) in [5, 5.41) is 13.7. The number of amides is 1. The van der Waals surface area contributed by atoms with Crippen molar-refractivity contribution in [2.75, 3.05) is 25.1 Å². The SMILES string of the molecule is COc1ncc(-c2c(C)nn(CC#N)c2C)cc1-c1cnc(N2CC(F)C2)nc1CN1C(=O)OC(c2cc(C(F)(F)F)cc(C(F)(F)F)c2)C1C. The van der Waals surface area contributed by atoms with E-state index < -0.39 is 53.5 Å². The number of aromatic nitrogens is 5. The van der Waals surface area contributed by atoms with Gasteiger partial charge in [-0.2, -0.15) is 36.7 Å². The standard InChI is InChI=1S/C33H29F7N8O3/c1-16-27(17(2)48(45-16)6-5-41)20-9-24(29(50-4)42-11-20)25-12-43-30(46-13-23(34)14-46)44-26(25)15-47-18(3)28(51-31(47)49)19-7-21(32(35,36)37)10-22(8-19)33(38,39)40/h7-12,18,23,28H,6,13-15H2,1-4H3. The zero-order chi connectivity index (χ0) is 37.0. The average molecular weight is 719 g/mol. The number of rotatable bonds is 8. The van der Waals surface area contributed by atoms with Gasteiger partial charge in [0, 0.05) is 40.3 Å². The number of alkyl halides is 7. The highest BCUT2D eigenvalue weighted by atomic mass is 19.4. The molecule has 1 aromatic carbocycles. The molecule has 18 heteroatoms. The number of hydrogen-bond acceptors (Lipinski definition) is 9. The summed E-state index contributed by atoms with van der Waals surface area (Å²) in [4.78, 5) is 29.5. The van der Waals surface area contributed by atoms with Crippen LogP contribution in [0.15, 0.2) is 36.7 Å². The molecule has 11 nitrogen and oxygen atoms in total. The number of benzene rings is 1. The zero-order valence-electron chi connectivity index (χ0n) is 27.5. The third kappa shape index (κ3) is 6.71. The Hall–Kier alpha value is -5.47. The van der Waals surface area contributed by atoms with Gasteiger partial charge in [0.25, 0.3) is 0 Å². The van der Waals surface area contributed by atoms with E-state index in [1.165, 1.54) is 20.2 Å². The molecule has 2 aliphatic heterocycles. The highest BCUT2D eigenvalue weighted by Crippen LogP contribution is 2.42. The quantitative estimate of drug-likeness (QED) is 0.181. The molecule has 2 saturated heterocycles. The van der Waals surface area contributed by atoms with Gasteiger partial charge in [0.15, 0.2) is 0 Å². The number of ether oxygens (including phenoxy) is 2. The maximum atomic E-state index is 13.8. The molecular weight excluding hydrogens is 689 g/mol. The number of anilines is 1. The third-order valence-electron chi connectivity index (χ3n) is 8.85. The van der Waals surface area contributed by atoms with Gasteiger partial charge in [-0.05, 0) is 50.6 Å². The second-order valence-corrected chi connectivity index (χ2v) is 12.2. The van der Waals surface area contributed by atoms with Crippen molar-refractivity contribution in [3.05, 3.63) is 70.4 Å². The van der Waals surface area contributed by atoms with Crippen molar-refractivity contribution >= 4 is 12.0 Å². The number of carbonyl (C=O) groups is 1. The molecule has 2 atom stereocenters. The van der Waals surface area contributed by atoms with Crippen LogP contribution in [0.5, 0.6) is 5.88 Å². The van der Waals surface area contributed by atoms with Gasteiger partial charge in [-0.1, -0.05) is 0 Å². The topological polar surface area (TPSA) is 122 Å². The Bertz CT molecular complexity index is 2000. The zero-order valence-corrected chi connectivity index (χ0v) is 27.5. The number of hydrogen-bond donors (Lipinski definition) is 0. The maximum Gasteiger partial charge on any atom is 0.416 e. The molecule has 2 unspecified atom stereocenters. The van der Waals surface area contributed by atoms with E-state index in [2.05, 4.69) is 26.1 Å². The van der Waals surface area contributed by atoms with Gasteiger partial charge >= 0.3 is 18.4 Å². The van der Waals surface area contributed by atoms with Crippen LogP contribution in [0.25, 0.3) is 22.3 Å². The number of nitriles is 1. The molecule has 0 bridgehead atoms. The van der Waals surface area contributed by atoms with Crippen LogP contribution in [-0.2, 0) is 30.2 Å².